The predicted molar refractivity (Wildman–Crippen MR) is 42.0 cm³/mol. The molecule has 0 rings (SSSR count). The summed E-state index contributed by atoms with van der Waals surface area (Å²) in [5.41, 5.74) is 7.79. The van der Waals surface area contributed by atoms with Gasteiger partial charge in [0.15, 0.2) is 0 Å². The van der Waals surface area contributed by atoms with Crippen LogP contribution < -0.4 is 5.73 Å². The minimum atomic E-state index is 0.941. The highest BCUT2D eigenvalue weighted by Crippen LogP contribution is 2.02. The lowest BCUT2D eigenvalue weighted by molar-refractivity contribution is 1.04. The third-order valence-corrected chi connectivity index (χ3v) is 1.30. The molecule has 0 bridgehead atoms. The molecule has 52 valence electrons. The molecular weight excluding hydrogens is 110 g/mol. The Morgan fingerprint density at radius 1 is 1.56 bits per heavy atom. The summed E-state index contributed by atoms with van der Waals surface area (Å²) in [6.45, 7) is 6.08. The van der Waals surface area contributed by atoms with Crippen LogP contribution in [0.25, 0.3) is 0 Å². The van der Waals surface area contributed by atoms with Crippen molar-refractivity contribution in [2.45, 2.75) is 27.2 Å². The second-order valence-corrected chi connectivity index (χ2v) is 2.06. The monoisotopic (exact) mass is 125 g/mol. The molecule has 0 aliphatic rings. The first kappa shape index (κ1) is 8.28. The second kappa shape index (κ2) is 4.19. The van der Waals surface area contributed by atoms with Crippen molar-refractivity contribution in [1.82, 2.24) is 0 Å². The predicted octanol–water partition coefficient (Wildman–Crippen LogP) is 2.21. The van der Waals surface area contributed by atoms with Gasteiger partial charge in [0, 0.05) is 5.70 Å². The molecule has 1 nitrogen and oxygen atoms in total. The van der Waals surface area contributed by atoms with Crippen LogP contribution in [0, 0.1) is 0 Å². The molecular formula is C8H15N. The van der Waals surface area contributed by atoms with Gasteiger partial charge in [-0.05, 0) is 25.8 Å². The zero-order valence-electron chi connectivity index (χ0n) is 6.44. The average Bonchev–Trinajstić information content (AvgIpc) is 1.87. The molecule has 9 heavy (non-hydrogen) atoms. The van der Waals surface area contributed by atoms with Crippen LogP contribution in [0.5, 0.6) is 0 Å². The molecule has 0 heterocycles. The maximum Gasteiger partial charge on any atom is 0.0107 e. The lowest BCUT2D eigenvalue weighted by atomic mass is 10.2. The largest absolute Gasteiger partial charge is 0.402 e. The molecule has 0 spiro atoms. The van der Waals surface area contributed by atoms with Gasteiger partial charge in [-0.1, -0.05) is 19.1 Å². The normalized spacial score (nSPS) is 14.1. The summed E-state index contributed by atoms with van der Waals surface area (Å²) in [5.74, 6) is 0. The van der Waals surface area contributed by atoms with Crippen LogP contribution in [0.15, 0.2) is 23.4 Å². The van der Waals surface area contributed by atoms with Crippen molar-refractivity contribution in [3.63, 3.8) is 0 Å². The summed E-state index contributed by atoms with van der Waals surface area (Å²) in [6.07, 6.45) is 4.97. The quantitative estimate of drug-likeness (QED) is 0.562. The number of nitrogens with two attached hydrogens (primary N) is 1. The summed E-state index contributed by atoms with van der Waals surface area (Å²) < 4.78 is 0. The van der Waals surface area contributed by atoms with E-state index in [4.69, 9.17) is 5.73 Å². The molecule has 0 radical (unpaired) electrons. The van der Waals surface area contributed by atoms with Gasteiger partial charge < -0.3 is 5.73 Å². The van der Waals surface area contributed by atoms with Gasteiger partial charge in [-0.3, -0.25) is 0 Å². The summed E-state index contributed by atoms with van der Waals surface area (Å²) in [7, 11) is 0. The van der Waals surface area contributed by atoms with E-state index in [-0.39, 0.29) is 0 Å². The third-order valence-electron chi connectivity index (χ3n) is 1.30. The molecule has 0 aliphatic carbocycles. The van der Waals surface area contributed by atoms with E-state index in [9.17, 15) is 0 Å². The van der Waals surface area contributed by atoms with Crippen molar-refractivity contribution in [2.24, 2.45) is 5.73 Å². The third kappa shape index (κ3) is 2.96. The van der Waals surface area contributed by atoms with Crippen LogP contribution in [0.1, 0.15) is 27.2 Å². The highest BCUT2D eigenvalue weighted by molar-refractivity contribution is 5.20. The first-order valence-electron chi connectivity index (χ1n) is 3.30. The molecule has 0 unspecified atom stereocenters. The van der Waals surface area contributed by atoms with Crippen LogP contribution in [-0.4, -0.2) is 0 Å². The highest BCUT2D eigenvalue weighted by atomic mass is 14.6. The molecule has 0 amide bonds. The van der Waals surface area contributed by atoms with Crippen molar-refractivity contribution in [1.29, 1.82) is 0 Å². The number of hydrogen-bond donors (Lipinski definition) is 1. The SMILES string of the molecule is C/C=C\C(C)=C(\N)CC. The zero-order valence-corrected chi connectivity index (χ0v) is 6.44. The molecule has 0 saturated carbocycles. The fraction of sp³-hybridized carbons (Fsp3) is 0.500. The van der Waals surface area contributed by atoms with Crippen molar-refractivity contribution < 1.29 is 0 Å². The number of rotatable bonds is 2. The Kier molecular flexibility index (Phi) is 3.85. The van der Waals surface area contributed by atoms with Crippen LogP contribution in [0.4, 0.5) is 0 Å². The van der Waals surface area contributed by atoms with Crippen molar-refractivity contribution in [3.8, 4) is 0 Å². The maximum absolute atomic E-state index is 5.63. The van der Waals surface area contributed by atoms with Gasteiger partial charge >= 0.3 is 0 Å². The Morgan fingerprint density at radius 2 is 2.11 bits per heavy atom. The molecule has 0 aromatic carbocycles. The van der Waals surface area contributed by atoms with E-state index in [1.807, 2.05) is 26.0 Å². The lowest BCUT2D eigenvalue weighted by Crippen LogP contribution is -1.97. The van der Waals surface area contributed by atoms with Crippen LogP contribution >= 0.6 is 0 Å². The summed E-state index contributed by atoms with van der Waals surface area (Å²) in [4.78, 5) is 0. The second-order valence-electron chi connectivity index (χ2n) is 2.06. The molecule has 0 fully saturated rings. The van der Waals surface area contributed by atoms with Gasteiger partial charge in [0.2, 0.25) is 0 Å². The summed E-state index contributed by atoms with van der Waals surface area (Å²) in [5, 5.41) is 0. The van der Waals surface area contributed by atoms with Crippen molar-refractivity contribution in [3.05, 3.63) is 23.4 Å². The number of allylic oxidation sites excluding steroid dienone is 4. The lowest BCUT2D eigenvalue weighted by Gasteiger charge is -1.97. The van der Waals surface area contributed by atoms with Crippen molar-refractivity contribution >= 4 is 0 Å². The molecule has 0 saturated heterocycles. The minimum Gasteiger partial charge on any atom is -0.402 e. The van der Waals surface area contributed by atoms with Gasteiger partial charge in [0.25, 0.3) is 0 Å². The smallest absolute Gasteiger partial charge is 0.0107 e. The van der Waals surface area contributed by atoms with Gasteiger partial charge in [0.05, 0.1) is 0 Å². The number of hydrogen-bond acceptors (Lipinski definition) is 1. The first-order chi connectivity index (χ1) is 4.22. The van der Waals surface area contributed by atoms with Crippen LogP contribution in [0.3, 0.4) is 0 Å². The van der Waals surface area contributed by atoms with Gasteiger partial charge in [-0.25, -0.2) is 0 Å². The van der Waals surface area contributed by atoms with E-state index in [0.717, 1.165) is 12.1 Å². The first-order valence-corrected chi connectivity index (χ1v) is 3.30. The highest BCUT2D eigenvalue weighted by Gasteiger charge is 1.87. The zero-order chi connectivity index (χ0) is 7.28. The summed E-state index contributed by atoms with van der Waals surface area (Å²) in [6, 6.07) is 0. The maximum atomic E-state index is 5.63. The van der Waals surface area contributed by atoms with Gasteiger partial charge in [-0.15, -0.1) is 0 Å². The summed E-state index contributed by atoms with van der Waals surface area (Å²) >= 11 is 0. The van der Waals surface area contributed by atoms with E-state index >= 15 is 0 Å². The van der Waals surface area contributed by atoms with Crippen molar-refractivity contribution in [2.75, 3.05) is 0 Å². The van der Waals surface area contributed by atoms with E-state index in [1.54, 1.807) is 0 Å². The van der Waals surface area contributed by atoms with E-state index in [1.165, 1.54) is 5.57 Å². The minimum absolute atomic E-state index is 0.941. The Hall–Kier alpha value is -0.720. The fourth-order valence-corrected chi connectivity index (χ4v) is 0.636. The molecule has 1 heteroatoms. The fourth-order valence-electron chi connectivity index (χ4n) is 0.636. The Morgan fingerprint density at radius 3 is 2.44 bits per heavy atom. The topological polar surface area (TPSA) is 26.0 Å². The van der Waals surface area contributed by atoms with Crippen LogP contribution in [0.2, 0.25) is 0 Å². The van der Waals surface area contributed by atoms with Gasteiger partial charge in [-0.2, -0.15) is 0 Å². The molecule has 0 aromatic rings. The Bertz CT molecular complexity index is 132. The van der Waals surface area contributed by atoms with E-state index in [2.05, 4.69) is 6.92 Å². The average molecular weight is 125 g/mol. The Balaban J connectivity index is 4.10. The Labute approximate surface area is 57.3 Å². The molecule has 2 N–H and O–H groups in total. The molecule has 0 aromatic heterocycles. The van der Waals surface area contributed by atoms with Crippen LogP contribution in [-0.2, 0) is 0 Å². The molecule has 0 aliphatic heterocycles. The van der Waals surface area contributed by atoms with Gasteiger partial charge in [0.1, 0.15) is 0 Å². The molecule has 0 atom stereocenters. The standard InChI is InChI=1S/C8H15N/c1-4-6-7(3)8(9)5-2/h4,6H,5,9H2,1-3H3/b6-4-,8-7+. The van der Waals surface area contributed by atoms with E-state index < -0.39 is 0 Å². The van der Waals surface area contributed by atoms with E-state index in [0.29, 0.717) is 0 Å².